The van der Waals surface area contributed by atoms with E-state index in [1.807, 2.05) is 145 Å². The minimum absolute atomic E-state index is 0.148. The largest absolute Gasteiger partial charge is 0.374 e. The van der Waals surface area contributed by atoms with Crippen molar-refractivity contribution in [2.45, 2.75) is 203 Å². The first-order valence-corrected chi connectivity index (χ1v) is 49.8. The summed E-state index contributed by atoms with van der Waals surface area (Å²) in [4.78, 5) is 183. The molecule has 10 aliphatic rings. The third-order valence-corrected chi connectivity index (χ3v) is 28.0. The summed E-state index contributed by atoms with van der Waals surface area (Å²) in [7, 11) is 21.3. The molecule has 15 rings (SSSR count). The Labute approximate surface area is 833 Å². The number of nitrogens with one attached hydrogen (secondary N) is 2. The number of hydrogen-bond donors (Lipinski definition) is 2. The molecule has 0 atom stereocenters. The molecule has 0 spiro atoms. The monoisotopic (exact) mass is 1970 g/mol. The Kier molecular flexibility index (Phi) is 35.1. The minimum Gasteiger partial charge on any atom is -0.374 e. The van der Waals surface area contributed by atoms with Gasteiger partial charge in [-0.05, 0) is 227 Å². The number of quaternary nitrogens is 5. The second kappa shape index (κ2) is 45.5. The van der Waals surface area contributed by atoms with Gasteiger partial charge in [0.15, 0.2) is 57.6 Å². The third kappa shape index (κ3) is 25.1. The number of H-pyrrole nitrogens is 1. The van der Waals surface area contributed by atoms with Crippen molar-refractivity contribution >= 4 is 61.1 Å². The summed E-state index contributed by atoms with van der Waals surface area (Å²) in [5.41, 5.74) is 15.5. The molecule has 2 N–H and O–H groups in total. The van der Waals surface area contributed by atoms with Crippen LogP contribution in [-0.4, -0.2) is 273 Å². The molecule has 10 heterocycles. The van der Waals surface area contributed by atoms with Crippen LogP contribution in [0.1, 0.15) is 144 Å². The Morgan fingerprint density at radius 3 is 0.979 bits per heavy atom. The molecular formula is C105H149N26O12+5. The van der Waals surface area contributed by atoms with Gasteiger partial charge in [0.2, 0.25) is 5.91 Å². The average Bonchev–Trinajstić information content (AvgIpc) is 0.764. The highest BCUT2D eigenvalue weighted by Gasteiger charge is 2.31. The highest BCUT2D eigenvalue weighted by Crippen LogP contribution is 2.32. The van der Waals surface area contributed by atoms with Crippen molar-refractivity contribution in [1.82, 2.24) is 101 Å². The first kappa shape index (κ1) is 110. The van der Waals surface area contributed by atoms with Crippen LogP contribution in [0.15, 0.2) is 109 Å². The summed E-state index contributed by atoms with van der Waals surface area (Å²) >= 11 is 0. The van der Waals surface area contributed by atoms with E-state index in [0.717, 1.165) is 200 Å². The zero-order chi connectivity index (χ0) is 105. The summed E-state index contributed by atoms with van der Waals surface area (Å²) in [5, 5.41) is 2.76. The van der Waals surface area contributed by atoms with Crippen LogP contribution in [0, 0.1) is 62.3 Å². The molecule has 10 aliphatic heterocycles. The summed E-state index contributed by atoms with van der Waals surface area (Å²) in [5.74, 6) is 1.53. The van der Waals surface area contributed by atoms with Crippen LogP contribution in [0.5, 0.6) is 0 Å². The lowest BCUT2D eigenvalue weighted by atomic mass is 10.0. The molecule has 0 bridgehead atoms. The number of aromatic amines is 1. The van der Waals surface area contributed by atoms with Crippen LogP contribution < -0.4 is 61.6 Å². The van der Waals surface area contributed by atoms with Crippen LogP contribution >= 0.6 is 0 Å². The lowest BCUT2D eigenvalue weighted by molar-refractivity contribution is -0.936. The van der Waals surface area contributed by atoms with Crippen molar-refractivity contribution in [1.29, 1.82) is 0 Å². The Bertz CT molecular complexity index is 7690. The smallest absolute Gasteiger partial charge is 0.352 e. The number of hydrogen-bond acceptors (Lipinski definition) is 22. The molecule has 0 radical (unpaired) electrons. The molecule has 0 fully saturated rings. The maximum absolute atomic E-state index is 13.2. The van der Waals surface area contributed by atoms with E-state index in [9.17, 15) is 52.7 Å². The van der Waals surface area contributed by atoms with Gasteiger partial charge in [0.1, 0.15) is 13.1 Å². The lowest BCUT2D eigenvalue weighted by Crippen LogP contribution is -2.49. The van der Waals surface area contributed by atoms with Gasteiger partial charge in [-0.2, -0.15) is 24.9 Å². The van der Waals surface area contributed by atoms with Gasteiger partial charge in [0.25, 0.3) is 27.8 Å². The van der Waals surface area contributed by atoms with E-state index in [4.69, 9.17) is 4.74 Å². The molecule has 0 aliphatic carbocycles. The van der Waals surface area contributed by atoms with E-state index in [2.05, 4.69) is 175 Å². The first-order valence-electron chi connectivity index (χ1n) is 49.8. The molecule has 5 aromatic rings. The standard InChI is InChI=1S/C23H34N5O2.C22H31N5O3.C21H28N6O3.C21H30N5O2.C18H24N5O2/c1-7-11-12-27-19-14-17(15-28(8-2,9-3)10-4)16(5)13-18(19)24-20-21(27)25-23(30)26(6)22(20)29;1-6-27(7-2,8-3)10-12-30-11-9-26-18-14-16(5)15(4)13-17(18)23-19-20(26)24-22(29)25-21(19)28;1-13-11-16-17(12-14(13)2)25(8-7-22-15(3)28)19-18(23-16)20(29)26(21(30)24-19)9-10-27(4,5)6;1-7-8-9-24-17-13-15(3)14(2)12-16(17)22-18-19(24)23-21(28)25(20(18)27)10-11-26(4,5)6;1-11-9-13-14(10-12(11)2)22(7-8-23(4,5)6)16-15(19-13)17(24)21(3)18(25)20-16/h13-14H,7-12,15H2,1-6H3;13-14H,6-12H2,1-5H3;11-12H,7-10H2,1-6H3;12-13H,7-11H2,1-6H3;9-10H,7-8H2,1-6H3/q+1;;;2*+1/p+2. The number of ether oxygens (including phenoxy) is 1. The van der Waals surface area contributed by atoms with Gasteiger partial charge in [-0.3, -0.25) is 52.0 Å². The third-order valence-electron chi connectivity index (χ3n) is 28.0. The first-order chi connectivity index (χ1) is 67.3. The zero-order valence-electron chi connectivity index (χ0n) is 89.6. The Morgan fingerprint density at radius 1 is 0.329 bits per heavy atom. The molecule has 0 saturated heterocycles. The molecule has 0 unspecified atom stereocenters. The van der Waals surface area contributed by atoms with Crippen molar-refractivity contribution in [2.24, 2.45) is 14.1 Å². The highest BCUT2D eigenvalue weighted by molar-refractivity contribution is 5.85. The number of aryl methyl sites for hydroxylation is 11. The van der Waals surface area contributed by atoms with Crippen LogP contribution in [0.25, 0.3) is 113 Å². The van der Waals surface area contributed by atoms with Gasteiger partial charge in [-0.1, -0.05) is 26.7 Å². The van der Waals surface area contributed by atoms with Gasteiger partial charge in [-0.25, -0.2) is 48.9 Å². The van der Waals surface area contributed by atoms with Crippen LogP contribution in [0.3, 0.4) is 0 Å². The Hall–Kier alpha value is -13.3. The second-order valence-electron chi connectivity index (χ2n) is 41.0. The van der Waals surface area contributed by atoms with Crippen molar-refractivity contribution in [3.63, 3.8) is 0 Å². The fraction of sp³-hybridized carbons (Fsp3) is 0.514. The number of likely N-dealkylation sites (N-methyl/N-ethyl adjacent to an activating group) is 4. The number of fused-ring (bicyclic) bond motifs is 10. The van der Waals surface area contributed by atoms with Crippen LogP contribution in [0.4, 0.5) is 0 Å². The van der Waals surface area contributed by atoms with Gasteiger partial charge in [-0.15, -0.1) is 0 Å². The molecule has 38 heteroatoms. The fourth-order valence-corrected chi connectivity index (χ4v) is 17.5. The number of carbonyl (C=O) groups is 1. The van der Waals surface area contributed by atoms with Crippen molar-refractivity contribution < 1.29 is 31.9 Å². The predicted octanol–water partition coefficient (Wildman–Crippen LogP) is 8.79. The van der Waals surface area contributed by atoms with Gasteiger partial charge in [0.05, 0.1) is 210 Å². The minimum atomic E-state index is -0.664. The number of benzene rings is 5. The van der Waals surface area contributed by atoms with Gasteiger partial charge >= 0.3 is 28.4 Å². The van der Waals surface area contributed by atoms with Crippen molar-refractivity contribution in [2.75, 3.05) is 149 Å². The van der Waals surface area contributed by atoms with E-state index >= 15 is 0 Å². The quantitative estimate of drug-likeness (QED) is 0.0226. The van der Waals surface area contributed by atoms with Crippen molar-refractivity contribution in [3.8, 4) is 57.6 Å². The maximum Gasteiger partial charge on any atom is 0.352 e. The number of amides is 1. The topological polar surface area (TPSA) is 398 Å². The highest BCUT2D eigenvalue weighted by atomic mass is 16.5. The molecule has 5 aromatic carbocycles. The summed E-state index contributed by atoms with van der Waals surface area (Å²) in [6.07, 6.45) is 3.89. The predicted molar refractivity (Wildman–Crippen MR) is 565 cm³/mol. The number of unbranched alkanes of at least 4 members (excludes halogenated alkanes) is 2. The molecule has 0 aromatic heterocycles. The van der Waals surface area contributed by atoms with E-state index in [-0.39, 0.29) is 52.3 Å². The van der Waals surface area contributed by atoms with Gasteiger partial charge < -0.3 is 55.3 Å². The van der Waals surface area contributed by atoms with Gasteiger partial charge in [0, 0.05) is 59.3 Å². The number of nitrogens with zero attached hydrogens (tertiary/aromatic N) is 24. The summed E-state index contributed by atoms with van der Waals surface area (Å²) in [6, 6.07) is 20.3. The number of carbonyl (C=O) groups excluding carboxylic acids is 1. The number of rotatable bonds is 32. The molecule has 766 valence electrons. The normalized spacial score (nSPS) is 12.1. The van der Waals surface area contributed by atoms with Crippen LogP contribution in [0.2, 0.25) is 0 Å². The fourth-order valence-electron chi connectivity index (χ4n) is 17.5. The second-order valence-corrected chi connectivity index (χ2v) is 41.0. The molecular weight excluding hydrogens is 1820 g/mol. The summed E-state index contributed by atoms with van der Waals surface area (Å²) in [6.45, 7) is 52.8. The molecule has 1 amide bonds. The van der Waals surface area contributed by atoms with E-state index in [1.54, 1.807) is 4.57 Å². The van der Waals surface area contributed by atoms with E-state index in [1.165, 1.54) is 36.7 Å². The van der Waals surface area contributed by atoms with E-state index in [0.29, 0.717) is 115 Å². The molecule has 38 nitrogen and oxygen atoms in total. The number of aromatic nitrogens is 20. The Balaban J connectivity index is 0.000000171. The van der Waals surface area contributed by atoms with Crippen molar-refractivity contribution in [3.05, 3.63) is 220 Å². The zero-order valence-corrected chi connectivity index (χ0v) is 89.6. The Morgan fingerprint density at radius 2 is 0.629 bits per heavy atom. The average molecular weight is 1970 g/mol. The molecule has 0 saturated carbocycles. The maximum atomic E-state index is 13.2. The van der Waals surface area contributed by atoms with Crippen LogP contribution in [-0.2, 0) is 76.0 Å². The molecule has 143 heavy (non-hydrogen) atoms. The lowest BCUT2D eigenvalue weighted by Gasteiger charge is -2.36. The van der Waals surface area contributed by atoms with E-state index < -0.39 is 50.7 Å². The summed E-state index contributed by atoms with van der Waals surface area (Å²) < 4.78 is 24.1. The SMILES string of the molecule is CC(=O)NCCn1c2nc(=O)n(CC[N+](C)(C)C)c(=O)c-2nc2cc(C)c(C)cc21.CCCCn1c2nc(=O)n(C)c(=O)c-2nc2cc(C)c(C[N+](CC)(CC)CC)cc21.CCCCn1c2nc(=O)n(CC[N+](C)(C)C)c(=O)c-2nc2cc(C)c(C)cc21.CC[N+](CC)(CC)CCOCCn1c2nc(=O)[nH]c(=O)c-2nc2cc(C)c(C)cc21.Cc1cc2nc3c(=O)n(C)c(=O)nc-3n(CC[N+](C)(C)C)c2cc1C.